The van der Waals surface area contributed by atoms with E-state index in [1.807, 2.05) is 4.72 Å². The first kappa shape index (κ1) is 22.6. The number of carboxylic acids is 1. The molecular formula is C20H11Cl2F2NO5S. The molecule has 3 rings (SSSR count). The van der Waals surface area contributed by atoms with Gasteiger partial charge in [-0.2, -0.15) is 0 Å². The molecule has 6 nitrogen and oxygen atoms in total. The van der Waals surface area contributed by atoms with Crippen molar-refractivity contribution < 1.29 is 31.8 Å². The van der Waals surface area contributed by atoms with Gasteiger partial charge in [-0.25, -0.2) is 22.0 Å². The number of aliphatic carboxylic acids is 1. The predicted molar refractivity (Wildman–Crippen MR) is 110 cm³/mol. The van der Waals surface area contributed by atoms with E-state index in [0.717, 1.165) is 18.2 Å². The fourth-order valence-corrected chi connectivity index (χ4v) is 4.49. The lowest BCUT2D eigenvalue weighted by Crippen LogP contribution is -2.17. The molecule has 0 aliphatic carbocycles. The van der Waals surface area contributed by atoms with Crippen molar-refractivity contribution in [3.8, 4) is 16.9 Å². The van der Waals surface area contributed by atoms with Gasteiger partial charge in [0.05, 0.1) is 10.7 Å². The topological polar surface area (TPSA) is 92.7 Å². The molecule has 0 aliphatic rings. The Morgan fingerprint density at radius 3 is 2.52 bits per heavy atom. The smallest absolute Gasteiger partial charge is 0.341 e. The maximum Gasteiger partial charge on any atom is 0.341 e. The van der Waals surface area contributed by atoms with Gasteiger partial charge in [-0.15, -0.1) is 0 Å². The van der Waals surface area contributed by atoms with Gasteiger partial charge in [0.15, 0.2) is 12.4 Å². The van der Waals surface area contributed by atoms with Gasteiger partial charge in [0.2, 0.25) is 0 Å². The molecule has 31 heavy (non-hydrogen) atoms. The summed E-state index contributed by atoms with van der Waals surface area (Å²) in [5.74, 6) is -3.97. The van der Waals surface area contributed by atoms with Crippen LogP contribution in [0.1, 0.15) is 0 Å². The van der Waals surface area contributed by atoms with Crippen LogP contribution in [0, 0.1) is 23.8 Å². The van der Waals surface area contributed by atoms with Crippen LogP contribution in [0.3, 0.4) is 0 Å². The summed E-state index contributed by atoms with van der Waals surface area (Å²) < 4.78 is 61.5. The monoisotopic (exact) mass is 485 g/mol. The molecule has 0 aliphatic heterocycles. The Kier molecular flexibility index (Phi) is 6.55. The molecule has 3 aromatic rings. The third kappa shape index (κ3) is 5.17. The number of rotatable bonds is 7. The quantitative estimate of drug-likeness (QED) is 0.501. The molecule has 0 amide bonds. The highest BCUT2D eigenvalue weighted by Gasteiger charge is 2.26. The Morgan fingerprint density at radius 2 is 1.87 bits per heavy atom. The molecule has 0 radical (unpaired) electrons. The third-order valence-electron chi connectivity index (χ3n) is 3.87. The van der Waals surface area contributed by atoms with Crippen LogP contribution in [-0.2, 0) is 14.8 Å². The number of hydrogen-bond acceptors (Lipinski definition) is 4. The number of benzene rings is 2. The fraction of sp³-hybridized carbons (Fsp3) is 0.0500. The zero-order valence-corrected chi connectivity index (χ0v) is 17.6. The number of carbonyl (C=O) groups is 1. The minimum atomic E-state index is -4.58. The molecule has 3 aromatic carbocycles. The van der Waals surface area contributed by atoms with E-state index in [1.165, 1.54) is 18.2 Å². The Balaban J connectivity index is 2.06. The van der Waals surface area contributed by atoms with Crippen molar-refractivity contribution in [3.05, 3.63) is 76.3 Å². The summed E-state index contributed by atoms with van der Waals surface area (Å²) in [6.07, 6.45) is 0. The summed E-state index contributed by atoms with van der Waals surface area (Å²) in [4.78, 5) is 10.2. The van der Waals surface area contributed by atoms with E-state index in [9.17, 15) is 22.0 Å². The Hall–Kier alpha value is -3.06. The van der Waals surface area contributed by atoms with Crippen LogP contribution in [0.15, 0.2) is 47.4 Å². The summed E-state index contributed by atoms with van der Waals surface area (Å²) in [5, 5.41) is 8.44. The lowest BCUT2D eigenvalue weighted by molar-refractivity contribution is -0.139. The summed E-state index contributed by atoms with van der Waals surface area (Å²) in [5.41, 5.74) is -0.340. The molecule has 0 atom stereocenters. The van der Waals surface area contributed by atoms with Crippen LogP contribution >= 0.6 is 23.2 Å². The number of nitrogens with one attached hydrogen (secondary N) is 1. The van der Waals surface area contributed by atoms with Crippen molar-refractivity contribution in [2.75, 3.05) is 11.3 Å². The van der Waals surface area contributed by atoms with Crippen LogP contribution < -0.4 is 9.46 Å². The summed E-state index contributed by atoms with van der Waals surface area (Å²) in [6, 6.07) is 13.2. The first-order valence-electron chi connectivity index (χ1n) is 8.32. The van der Waals surface area contributed by atoms with Crippen molar-refractivity contribution in [3.63, 3.8) is 0 Å². The molecule has 11 heteroatoms. The van der Waals surface area contributed by atoms with E-state index in [-0.39, 0.29) is 15.6 Å². The van der Waals surface area contributed by atoms with Gasteiger partial charge in [0.1, 0.15) is 16.5 Å². The fourth-order valence-electron chi connectivity index (χ4n) is 2.57. The van der Waals surface area contributed by atoms with Crippen LogP contribution in [-0.4, -0.2) is 26.1 Å². The molecule has 0 bridgehead atoms. The van der Waals surface area contributed by atoms with Gasteiger partial charge < -0.3 is 9.84 Å². The van der Waals surface area contributed by atoms with Crippen molar-refractivity contribution in [1.29, 1.82) is 0 Å². The predicted octanol–water partition coefficient (Wildman–Crippen LogP) is 4.80. The standard InChI is InChI=1S/C20H11Cl2F2NO5S/c21-12-6-14(22)20(30-10-19(26)27)18(7-12)31(28,29)25-17-8-13(15(23)9-16(17)24)11-4-2-1-3-5-11/h2,4-9,25H,10H2,(H,26,27). The Labute approximate surface area is 186 Å². The molecule has 0 saturated carbocycles. The number of sulfonamides is 1. The maximum absolute atomic E-state index is 14.4. The second-order valence-electron chi connectivity index (χ2n) is 6.04. The average molecular weight is 486 g/mol. The number of halogens is 4. The molecular weight excluding hydrogens is 475 g/mol. The van der Waals surface area contributed by atoms with Gasteiger partial charge >= 0.3 is 5.97 Å². The van der Waals surface area contributed by atoms with Gasteiger partial charge in [-0.3, -0.25) is 4.72 Å². The maximum atomic E-state index is 14.4. The second-order valence-corrected chi connectivity index (χ2v) is 8.53. The van der Waals surface area contributed by atoms with Gasteiger partial charge in [0, 0.05) is 16.7 Å². The summed E-state index contributed by atoms with van der Waals surface area (Å²) in [6.45, 7) is -0.888. The first-order valence-corrected chi connectivity index (χ1v) is 10.6. The number of anilines is 1. The van der Waals surface area contributed by atoms with E-state index < -0.39 is 50.6 Å². The minimum Gasteiger partial charge on any atom is -0.479 e. The van der Waals surface area contributed by atoms with E-state index in [2.05, 4.69) is 12.1 Å². The molecule has 0 spiro atoms. The number of ether oxygens (including phenoxy) is 1. The van der Waals surface area contributed by atoms with Crippen LogP contribution in [0.25, 0.3) is 11.1 Å². The van der Waals surface area contributed by atoms with Crippen LogP contribution in [0.4, 0.5) is 14.5 Å². The summed E-state index contributed by atoms with van der Waals surface area (Å²) in [7, 11) is -4.58. The molecule has 0 aromatic heterocycles. The van der Waals surface area contributed by atoms with Crippen LogP contribution in [0.2, 0.25) is 10.0 Å². The molecule has 0 heterocycles. The van der Waals surface area contributed by atoms with E-state index in [4.69, 9.17) is 33.0 Å². The first-order chi connectivity index (χ1) is 14.6. The zero-order valence-electron chi connectivity index (χ0n) is 15.2. The SMILES string of the molecule is O=C(O)COc1c(Cl)cc(Cl)cc1S(=O)(=O)Nc1cc(-c2cc#ccc2)c(F)cc1F. The van der Waals surface area contributed by atoms with Crippen molar-refractivity contribution in [2.24, 2.45) is 0 Å². The Morgan fingerprint density at radius 1 is 1.13 bits per heavy atom. The molecule has 0 saturated heterocycles. The largest absolute Gasteiger partial charge is 0.479 e. The minimum absolute atomic E-state index is 0.0872. The molecule has 0 fully saturated rings. The molecule has 2 N–H and O–H groups in total. The van der Waals surface area contributed by atoms with E-state index >= 15 is 0 Å². The van der Waals surface area contributed by atoms with E-state index in [1.54, 1.807) is 0 Å². The van der Waals surface area contributed by atoms with Gasteiger partial charge in [-0.05, 0) is 42.0 Å². The van der Waals surface area contributed by atoms with Gasteiger partial charge in [-0.1, -0.05) is 35.3 Å². The van der Waals surface area contributed by atoms with Gasteiger partial charge in [0.25, 0.3) is 10.0 Å². The lowest BCUT2D eigenvalue weighted by Gasteiger charge is -2.15. The summed E-state index contributed by atoms with van der Waals surface area (Å²) >= 11 is 11.8. The third-order valence-corrected chi connectivity index (χ3v) is 5.74. The highest BCUT2D eigenvalue weighted by molar-refractivity contribution is 7.92. The number of carboxylic acid groups (broad SMARTS) is 1. The Bertz CT molecular complexity index is 1250. The van der Waals surface area contributed by atoms with Crippen LogP contribution in [0.5, 0.6) is 5.75 Å². The van der Waals surface area contributed by atoms with Crippen molar-refractivity contribution in [1.82, 2.24) is 0 Å². The second kappa shape index (κ2) is 8.98. The normalized spacial score (nSPS) is 11.0. The van der Waals surface area contributed by atoms with Crippen molar-refractivity contribution in [2.45, 2.75) is 4.90 Å². The molecule has 160 valence electrons. The van der Waals surface area contributed by atoms with E-state index in [0.29, 0.717) is 11.6 Å². The highest BCUT2D eigenvalue weighted by Crippen LogP contribution is 2.37. The van der Waals surface area contributed by atoms with Crippen molar-refractivity contribution >= 4 is 44.9 Å². The highest BCUT2D eigenvalue weighted by atomic mass is 35.5. The average Bonchev–Trinajstić information content (AvgIpc) is 2.69. The number of hydrogen-bond donors (Lipinski definition) is 2. The molecule has 0 unspecified atom stereocenters. The lowest BCUT2D eigenvalue weighted by atomic mass is 10.1. The zero-order chi connectivity index (χ0) is 22.8.